The Bertz CT molecular complexity index is 462. The molecule has 20 heavy (non-hydrogen) atoms. The lowest BCUT2D eigenvalue weighted by Gasteiger charge is -2.35. The minimum absolute atomic E-state index is 0.433. The molecule has 0 bridgehead atoms. The fourth-order valence-electron chi connectivity index (χ4n) is 3.23. The van der Waals surface area contributed by atoms with Gasteiger partial charge in [0.05, 0.1) is 7.11 Å². The van der Waals surface area contributed by atoms with Gasteiger partial charge in [0, 0.05) is 0 Å². The maximum Gasteiger partial charge on any atom is 0.167 e. The molecule has 1 fully saturated rings. The SMILES string of the molecule is COC1=CCC(/C=C/B2CC(C)(C)C(C)(C)C2)=CC=C1. The van der Waals surface area contributed by atoms with E-state index in [1.165, 1.54) is 18.2 Å². The average molecular weight is 270 g/mol. The fraction of sp³-hybridized carbons (Fsp3) is 0.556. The molecule has 1 saturated heterocycles. The lowest BCUT2D eigenvalue weighted by atomic mass is 9.46. The van der Waals surface area contributed by atoms with E-state index in [0.717, 1.165) is 12.2 Å². The third-order valence-electron chi connectivity index (χ3n) is 5.31. The normalized spacial score (nSPS) is 24.6. The van der Waals surface area contributed by atoms with Crippen LogP contribution in [0, 0.1) is 10.8 Å². The van der Waals surface area contributed by atoms with Gasteiger partial charge in [0.25, 0.3) is 0 Å². The van der Waals surface area contributed by atoms with E-state index < -0.39 is 0 Å². The van der Waals surface area contributed by atoms with Crippen molar-refractivity contribution in [3.8, 4) is 0 Å². The van der Waals surface area contributed by atoms with Crippen LogP contribution in [0.3, 0.4) is 0 Å². The lowest BCUT2D eigenvalue weighted by molar-refractivity contribution is 0.177. The topological polar surface area (TPSA) is 9.23 Å². The van der Waals surface area contributed by atoms with Gasteiger partial charge in [-0.05, 0) is 35.0 Å². The van der Waals surface area contributed by atoms with Crippen molar-refractivity contribution in [1.82, 2.24) is 0 Å². The summed E-state index contributed by atoms with van der Waals surface area (Å²) in [5.41, 5.74) is 2.22. The van der Waals surface area contributed by atoms with E-state index in [1.54, 1.807) is 7.11 Å². The van der Waals surface area contributed by atoms with Gasteiger partial charge in [-0.1, -0.05) is 58.6 Å². The molecule has 2 aliphatic rings. The first-order valence-corrected chi connectivity index (χ1v) is 7.64. The predicted molar refractivity (Wildman–Crippen MR) is 89.0 cm³/mol. The van der Waals surface area contributed by atoms with E-state index >= 15 is 0 Å². The molecule has 0 N–H and O–H groups in total. The Morgan fingerprint density at radius 2 is 1.80 bits per heavy atom. The fourth-order valence-corrected chi connectivity index (χ4v) is 3.23. The summed E-state index contributed by atoms with van der Waals surface area (Å²) in [4.78, 5) is 0. The molecule has 0 spiro atoms. The lowest BCUT2D eigenvalue weighted by Crippen LogP contribution is -2.24. The Kier molecular flexibility index (Phi) is 4.32. The van der Waals surface area contributed by atoms with Gasteiger partial charge in [-0.2, -0.15) is 0 Å². The molecule has 1 aliphatic heterocycles. The van der Waals surface area contributed by atoms with Gasteiger partial charge in [0.2, 0.25) is 0 Å². The number of rotatable bonds is 3. The summed E-state index contributed by atoms with van der Waals surface area (Å²) >= 11 is 0. The van der Waals surface area contributed by atoms with Gasteiger partial charge in [-0.15, -0.1) is 5.98 Å². The number of hydrogen-bond acceptors (Lipinski definition) is 1. The highest BCUT2D eigenvalue weighted by Gasteiger charge is 2.46. The van der Waals surface area contributed by atoms with Gasteiger partial charge in [-0.25, -0.2) is 0 Å². The first kappa shape index (κ1) is 15.2. The summed E-state index contributed by atoms with van der Waals surface area (Å²) < 4.78 is 5.27. The van der Waals surface area contributed by atoms with Crippen LogP contribution in [-0.4, -0.2) is 13.8 Å². The van der Waals surface area contributed by atoms with Crippen molar-refractivity contribution >= 4 is 6.71 Å². The highest BCUT2D eigenvalue weighted by molar-refractivity contribution is 6.65. The van der Waals surface area contributed by atoms with Gasteiger partial charge in [-0.3, -0.25) is 0 Å². The zero-order valence-electron chi connectivity index (χ0n) is 13.6. The van der Waals surface area contributed by atoms with Crippen LogP contribution in [0.15, 0.2) is 47.7 Å². The first-order chi connectivity index (χ1) is 9.34. The van der Waals surface area contributed by atoms with Gasteiger partial charge >= 0.3 is 0 Å². The number of ether oxygens (including phenoxy) is 1. The van der Waals surface area contributed by atoms with Gasteiger partial charge < -0.3 is 4.74 Å². The second-order valence-electron chi connectivity index (χ2n) is 7.41. The Morgan fingerprint density at radius 3 is 2.40 bits per heavy atom. The van der Waals surface area contributed by atoms with Crippen molar-refractivity contribution in [2.24, 2.45) is 10.8 Å². The van der Waals surface area contributed by atoms with Crippen molar-refractivity contribution in [3.05, 3.63) is 47.7 Å². The number of allylic oxidation sites excluding steroid dienone is 6. The zero-order valence-corrected chi connectivity index (χ0v) is 13.6. The maximum atomic E-state index is 5.27. The second-order valence-corrected chi connectivity index (χ2v) is 7.41. The highest BCUT2D eigenvalue weighted by Crippen LogP contribution is 2.53. The van der Waals surface area contributed by atoms with Crippen LogP contribution in [0.25, 0.3) is 0 Å². The number of methoxy groups -OCH3 is 1. The molecular formula is C18H27BO. The monoisotopic (exact) mass is 270 g/mol. The third kappa shape index (κ3) is 3.28. The van der Waals surface area contributed by atoms with Crippen LogP contribution in [0.4, 0.5) is 0 Å². The molecule has 0 radical (unpaired) electrons. The first-order valence-electron chi connectivity index (χ1n) is 7.64. The maximum absolute atomic E-state index is 5.27. The molecule has 2 heteroatoms. The molecule has 0 unspecified atom stereocenters. The molecule has 1 heterocycles. The molecule has 1 nitrogen and oxygen atoms in total. The summed E-state index contributed by atoms with van der Waals surface area (Å²) in [5.74, 6) is 3.37. The van der Waals surface area contributed by atoms with Crippen LogP contribution >= 0.6 is 0 Å². The van der Waals surface area contributed by atoms with E-state index in [9.17, 15) is 0 Å². The Morgan fingerprint density at radius 1 is 1.15 bits per heavy atom. The smallest absolute Gasteiger partial charge is 0.167 e. The minimum atomic E-state index is 0.433. The molecular weight excluding hydrogens is 243 g/mol. The molecule has 1 aliphatic carbocycles. The van der Waals surface area contributed by atoms with Crippen LogP contribution in [-0.2, 0) is 4.74 Å². The minimum Gasteiger partial charge on any atom is -0.497 e. The van der Waals surface area contributed by atoms with Crippen LogP contribution in [0.2, 0.25) is 12.6 Å². The van der Waals surface area contributed by atoms with Crippen molar-refractivity contribution in [2.75, 3.05) is 7.11 Å². The quantitative estimate of drug-likeness (QED) is 0.651. The Balaban J connectivity index is 2.00. The van der Waals surface area contributed by atoms with Crippen LogP contribution in [0.1, 0.15) is 34.1 Å². The number of hydrogen-bond donors (Lipinski definition) is 0. The largest absolute Gasteiger partial charge is 0.497 e. The zero-order chi connectivity index (χ0) is 14.8. The molecule has 0 atom stereocenters. The van der Waals surface area contributed by atoms with Crippen molar-refractivity contribution in [1.29, 1.82) is 0 Å². The molecule has 0 saturated carbocycles. The second kappa shape index (κ2) is 5.67. The van der Waals surface area contributed by atoms with Crippen molar-refractivity contribution in [3.63, 3.8) is 0 Å². The van der Waals surface area contributed by atoms with Crippen LogP contribution in [0.5, 0.6) is 0 Å². The molecule has 108 valence electrons. The summed E-state index contributed by atoms with van der Waals surface area (Å²) in [5, 5.41) is 0. The Labute approximate surface area is 124 Å². The van der Waals surface area contributed by atoms with E-state index in [4.69, 9.17) is 4.74 Å². The van der Waals surface area contributed by atoms with Gasteiger partial charge in [0.1, 0.15) is 5.76 Å². The van der Waals surface area contributed by atoms with Crippen molar-refractivity contribution in [2.45, 2.75) is 46.8 Å². The third-order valence-corrected chi connectivity index (χ3v) is 5.31. The van der Waals surface area contributed by atoms with Crippen molar-refractivity contribution < 1.29 is 4.74 Å². The van der Waals surface area contributed by atoms with E-state index in [2.05, 4.69) is 58.0 Å². The van der Waals surface area contributed by atoms with E-state index in [0.29, 0.717) is 17.5 Å². The summed E-state index contributed by atoms with van der Waals surface area (Å²) in [7, 11) is 1.72. The molecule has 0 aromatic carbocycles. The molecule has 0 aromatic rings. The predicted octanol–water partition coefficient (Wildman–Crippen LogP) is 5.06. The highest BCUT2D eigenvalue weighted by atomic mass is 16.5. The average Bonchev–Trinajstić information content (AvgIpc) is 2.55. The van der Waals surface area contributed by atoms with E-state index in [1.807, 2.05) is 6.08 Å². The molecule has 0 aromatic heterocycles. The molecule has 0 amide bonds. The summed E-state index contributed by atoms with van der Waals surface area (Å²) in [6.45, 7) is 10.3. The van der Waals surface area contributed by atoms with Gasteiger partial charge in [0.15, 0.2) is 6.71 Å². The van der Waals surface area contributed by atoms with E-state index in [-0.39, 0.29) is 0 Å². The summed E-state index contributed by atoms with van der Waals surface area (Å²) in [6, 6.07) is 0. The molecule has 2 rings (SSSR count). The summed E-state index contributed by atoms with van der Waals surface area (Å²) in [6.07, 6.45) is 14.3. The van der Waals surface area contributed by atoms with Crippen LogP contribution < -0.4 is 0 Å². The Hall–Kier alpha value is -1.18. The standard InChI is InChI=1S/C18H27BO/c1-17(2)13-19(14-18(17,3)4)12-11-15-7-6-8-16(20-5)10-9-15/h6-8,10-12H,9,13-14H2,1-5H3/b12-11+.